The van der Waals surface area contributed by atoms with Crippen LogP contribution >= 0.6 is 11.3 Å². The first-order chi connectivity index (χ1) is 8.75. The van der Waals surface area contributed by atoms with Gasteiger partial charge in [-0.2, -0.15) is 0 Å². The van der Waals surface area contributed by atoms with Gasteiger partial charge in [0, 0.05) is 34.8 Å². The number of hydrogen-bond donors (Lipinski definition) is 1. The molecule has 94 valence electrons. The maximum atomic E-state index is 5.26. The van der Waals surface area contributed by atoms with Crippen molar-refractivity contribution in [3.63, 3.8) is 0 Å². The standard InChI is InChI=1S/C14H16N2OS/c1-14(9-17-10-14)8-16-12-4-2-3-11(7-12)13-15-5-6-18-13/h2-7,16H,8-10H2,1H3. The number of nitrogens with one attached hydrogen (secondary N) is 1. The Morgan fingerprint density at radius 3 is 3.00 bits per heavy atom. The lowest BCUT2D eigenvalue weighted by molar-refractivity contribution is -0.0924. The minimum Gasteiger partial charge on any atom is -0.384 e. The third kappa shape index (κ3) is 2.40. The van der Waals surface area contributed by atoms with Gasteiger partial charge in [-0.25, -0.2) is 4.98 Å². The molecule has 2 heterocycles. The van der Waals surface area contributed by atoms with E-state index in [0.717, 1.165) is 30.5 Å². The lowest BCUT2D eigenvalue weighted by Gasteiger charge is -2.38. The average Bonchev–Trinajstić information content (AvgIpc) is 2.88. The molecular formula is C14H16N2OS. The molecule has 0 saturated carbocycles. The van der Waals surface area contributed by atoms with E-state index >= 15 is 0 Å². The van der Waals surface area contributed by atoms with Gasteiger partial charge in [0.15, 0.2) is 0 Å². The minimum absolute atomic E-state index is 0.289. The Labute approximate surface area is 111 Å². The molecule has 0 unspecified atom stereocenters. The van der Waals surface area contributed by atoms with Crippen LogP contribution in [0.4, 0.5) is 5.69 Å². The Bertz CT molecular complexity index is 520. The van der Waals surface area contributed by atoms with Gasteiger partial charge in [0.05, 0.1) is 13.2 Å². The number of aromatic nitrogens is 1. The summed E-state index contributed by atoms with van der Waals surface area (Å²) in [4.78, 5) is 4.33. The fraction of sp³-hybridized carbons (Fsp3) is 0.357. The zero-order valence-electron chi connectivity index (χ0n) is 10.3. The number of rotatable bonds is 4. The summed E-state index contributed by atoms with van der Waals surface area (Å²) in [5.74, 6) is 0. The highest BCUT2D eigenvalue weighted by molar-refractivity contribution is 7.13. The summed E-state index contributed by atoms with van der Waals surface area (Å²) in [6.45, 7) is 4.90. The van der Waals surface area contributed by atoms with Crippen molar-refractivity contribution in [3.8, 4) is 10.6 Å². The maximum Gasteiger partial charge on any atom is 0.123 e. The molecule has 1 aromatic carbocycles. The molecule has 1 saturated heterocycles. The van der Waals surface area contributed by atoms with Gasteiger partial charge in [-0.3, -0.25) is 0 Å². The van der Waals surface area contributed by atoms with E-state index in [1.54, 1.807) is 11.3 Å². The molecule has 1 aliphatic rings. The predicted molar refractivity (Wildman–Crippen MR) is 75.0 cm³/mol. The van der Waals surface area contributed by atoms with E-state index < -0.39 is 0 Å². The van der Waals surface area contributed by atoms with E-state index in [1.165, 1.54) is 5.56 Å². The van der Waals surface area contributed by atoms with Crippen molar-refractivity contribution in [2.24, 2.45) is 5.41 Å². The molecule has 4 heteroatoms. The first-order valence-electron chi connectivity index (χ1n) is 6.07. The zero-order chi connectivity index (χ0) is 12.4. The number of ether oxygens (including phenoxy) is 1. The molecule has 18 heavy (non-hydrogen) atoms. The maximum absolute atomic E-state index is 5.26. The molecule has 1 aliphatic heterocycles. The van der Waals surface area contributed by atoms with E-state index in [4.69, 9.17) is 4.74 Å². The summed E-state index contributed by atoms with van der Waals surface area (Å²) in [6.07, 6.45) is 1.84. The van der Waals surface area contributed by atoms with Gasteiger partial charge in [0.2, 0.25) is 0 Å². The first-order valence-corrected chi connectivity index (χ1v) is 6.95. The zero-order valence-corrected chi connectivity index (χ0v) is 11.2. The fourth-order valence-electron chi connectivity index (χ4n) is 2.00. The van der Waals surface area contributed by atoms with Crippen LogP contribution in [0.3, 0.4) is 0 Å². The summed E-state index contributed by atoms with van der Waals surface area (Å²) >= 11 is 1.67. The van der Waals surface area contributed by atoms with Crippen molar-refractivity contribution in [1.82, 2.24) is 4.98 Å². The van der Waals surface area contributed by atoms with Crippen molar-refractivity contribution in [3.05, 3.63) is 35.8 Å². The van der Waals surface area contributed by atoms with Gasteiger partial charge in [0.1, 0.15) is 5.01 Å². The van der Waals surface area contributed by atoms with Gasteiger partial charge in [-0.05, 0) is 12.1 Å². The van der Waals surface area contributed by atoms with E-state index in [1.807, 2.05) is 11.6 Å². The largest absolute Gasteiger partial charge is 0.384 e. The predicted octanol–water partition coefficient (Wildman–Crippen LogP) is 3.26. The third-order valence-corrected chi connectivity index (χ3v) is 3.98. The van der Waals surface area contributed by atoms with E-state index in [0.29, 0.717) is 0 Å². The van der Waals surface area contributed by atoms with Crippen LogP contribution in [0.2, 0.25) is 0 Å². The second-order valence-corrected chi connectivity index (χ2v) is 5.97. The van der Waals surface area contributed by atoms with Crippen LogP contribution in [-0.4, -0.2) is 24.7 Å². The second kappa shape index (κ2) is 4.71. The van der Waals surface area contributed by atoms with E-state index in [-0.39, 0.29) is 5.41 Å². The second-order valence-electron chi connectivity index (χ2n) is 5.08. The number of hydrogen-bond acceptors (Lipinski definition) is 4. The number of benzene rings is 1. The Kier molecular flexibility index (Phi) is 3.06. The summed E-state index contributed by atoms with van der Waals surface area (Å²) in [6, 6.07) is 8.42. The molecule has 1 N–H and O–H groups in total. The quantitative estimate of drug-likeness (QED) is 0.916. The first kappa shape index (κ1) is 11.7. The molecule has 0 amide bonds. The fourth-order valence-corrected chi connectivity index (χ4v) is 2.63. The minimum atomic E-state index is 0.289. The van der Waals surface area contributed by atoms with Gasteiger partial charge in [-0.1, -0.05) is 19.1 Å². The van der Waals surface area contributed by atoms with Crippen LogP contribution in [0.15, 0.2) is 35.8 Å². The van der Waals surface area contributed by atoms with Crippen LogP contribution in [0.1, 0.15) is 6.92 Å². The summed E-state index contributed by atoms with van der Waals surface area (Å²) in [7, 11) is 0. The van der Waals surface area contributed by atoms with E-state index in [9.17, 15) is 0 Å². The Morgan fingerprint density at radius 2 is 2.33 bits per heavy atom. The van der Waals surface area contributed by atoms with Gasteiger partial charge < -0.3 is 10.1 Å². The lowest BCUT2D eigenvalue weighted by Crippen LogP contribution is -2.45. The Hall–Kier alpha value is -1.39. The average molecular weight is 260 g/mol. The molecule has 1 fully saturated rings. The van der Waals surface area contributed by atoms with Crippen LogP contribution in [0.5, 0.6) is 0 Å². The van der Waals surface area contributed by atoms with Crippen LogP contribution in [0.25, 0.3) is 10.6 Å². The molecule has 3 nitrogen and oxygen atoms in total. The van der Waals surface area contributed by atoms with Crippen LogP contribution in [-0.2, 0) is 4.74 Å². The van der Waals surface area contributed by atoms with Crippen LogP contribution in [0, 0.1) is 5.41 Å². The normalized spacial score (nSPS) is 17.2. The molecule has 1 aromatic heterocycles. The molecule has 0 radical (unpaired) electrons. The van der Waals surface area contributed by atoms with Gasteiger partial charge in [0.25, 0.3) is 0 Å². The third-order valence-electron chi connectivity index (χ3n) is 3.16. The topological polar surface area (TPSA) is 34.2 Å². The molecule has 0 spiro atoms. The highest BCUT2D eigenvalue weighted by Gasteiger charge is 2.32. The monoisotopic (exact) mass is 260 g/mol. The molecular weight excluding hydrogens is 244 g/mol. The summed E-state index contributed by atoms with van der Waals surface area (Å²) < 4.78 is 5.26. The Balaban J connectivity index is 1.71. The molecule has 0 aliphatic carbocycles. The molecule has 0 atom stereocenters. The molecule has 2 aromatic rings. The number of anilines is 1. The van der Waals surface area contributed by atoms with Crippen LogP contribution < -0.4 is 5.32 Å². The van der Waals surface area contributed by atoms with E-state index in [2.05, 4.69) is 41.5 Å². The summed E-state index contributed by atoms with van der Waals surface area (Å²) in [5.41, 5.74) is 2.61. The lowest BCUT2D eigenvalue weighted by atomic mass is 9.88. The number of nitrogens with zero attached hydrogens (tertiary/aromatic N) is 1. The van der Waals surface area contributed by atoms with Gasteiger partial charge in [-0.15, -0.1) is 11.3 Å². The highest BCUT2D eigenvalue weighted by Crippen LogP contribution is 2.28. The summed E-state index contributed by atoms with van der Waals surface area (Å²) in [5, 5.41) is 6.55. The number of thiazole rings is 1. The van der Waals surface area contributed by atoms with Crippen molar-refractivity contribution in [2.45, 2.75) is 6.92 Å². The molecule has 3 rings (SSSR count). The van der Waals surface area contributed by atoms with Crippen molar-refractivity contribution < 1.29 is 4.74 Å². The van der Waals surface area contributed by atoms with Crippen molar-refractivity contribution in [2.75, 3.05) is 25.1 Å². The molecule has 0 bridgehead atoms. The van der Waals surface area contributed by atoms with Crippen molar-refractivity contribution in [1.29, 1.82) is 0 Å². The SMILES string of the molecule is CC1(CNc2cccc(-c3nccs3)c2)COC1. The smallest absolute Gasteiger partial charge is 0.123 e. The van der Waals surface area contributed by atoms with Gasteiger partial charge >= 0.3 is 0 Å². The highest BCUT2D eigenvalue weighted by atomic mass is 32.1. The Morgan fingerprint density at radius 1 is 1.44 bits per heavy atom. The van der Waals surface area contributed by atoms with Crippen molar-refractivity contribution >= 4 is 17.0 Å².